The maximum atomic E-state index is 13.5. The highest BCUT2D eigenvalue weighted by Crippen LogP contribution is 2.27. The molecule has 3 amide bonds. The molecule has 0 aliphatic carbocycles. The molecule has 1 atom stereocenters. The number of anilines is 1. The zero-order valence-electron chi connectivity index (χ0n) is 21.2. The van der Waals surface area contributed by atoms with E-state index in [1.54, 1.807) is 28.9 Å². The van der Waals surface area contributed by atoms with Crippen molar-refractivity contribution in [2.24, 2.45) is 10.7 Å². The first kappa shape index (κ1) is 27.0. The van der Waals surface area contributed by atoms with Gasteiger partial charge in [0, 0.05) is 36.1 Å². The van der Waals surface area contributed by atoms with Gasteiger partial charge in [-0.25, -0.2) is 9.79 Å². The molecule has 0 spiro atoms. The lowest BCUT2D eigenvalue weighted by Gasteiger charge is -2.32. The molecule has 1 fully saturated rings. The minimum absolute atomic E-state index is 0.103. The van der Waals surface area contributed by atoms with Crippen LogP contribution in [0.15, 0.2) is 35.3 Å². The fourth-order valence-corrected chi connectivity index (χ4v) is 4.66. The largest absolute Gasteiger partial charge is 0.471 e. The maximum absolute atomic E-state index is 13.5. The Morgan fingerprint density at radius 1 is 1.16 bits per heavy atom. The normalized spacial score (nSPS) is 17.9. The van der Waals surface area contributed by atoms with Crippen LogP contribution in [0.1, 0.15) is 66.8 Å². The van der Waals surface area contributed by atoms with Gasteiger partial charge < -0.3 is 26.7 Å². The molecule has 204 valence electrons. The Morgan fingerprint density at radius 2 is 1.84 bits per heavy atom. The number of halogens is 3. The Labute approximate surface area is 217 Å². The van der Waals surface area contributed by atoms with Crippen LogP contribution in [-0.4, -0.2) is 64.6 Å². The summed E-state index contributed by atoms with van der Waals surface area (Å²) >= 11 is 0. The van der Waals surface area contributed by atoms with Crippen molar-refractivity contribution in [1.82, 2.24) is 14.9 Å². The van der Waals surface area contributed by atoms with Crippen molar-refractivity contribution in [3.05, 3.63) is 52.8 Å². The van der Waals surface area contributed by atoms with Crippen LogP contribution < -0.4 is 21.8 Å². The average molecular weight is 534 g/mol. The molecule has 4 rings (SSSR count). The van der Waals surface area contributed by atoms with Crippen molar-refractivity contribution >= 4 is 29.2 Å². The monoisotopic (exact) mass is 533 g/mol. The molecule has 0 radical (unpaired) electrons. The molecule has 3 heterocycles. The number of rotatable bonds is 5. The van der Waals surface area contributed by atoms with Crippen LogP contribution in [0.25, 0.3) is 0 Å². The van der Waals surface area contributed by atoms with Gasteiger partial charge in [-0.1, -0.05) is 26.0 Å². The van der Waals surface area contributed by atoms with Gasteiger partial charge in [0.1, 0.15) is 17.7 Å². The summed E-state index contributed by atoms with van der Waals surface area (Å²) in [6, 6.07) is 7.26. The van der Waals surface area contributed by atoms with E-state index in [1.165, 1.54) is 6.07 Å². The van der Waals surface area contributed by atoms with Gasteiger partial charge in [0.2, 0.25) is 0 Å². The molecule has 13 heteroatoms. The summed E-state index contributed by atoms with van der Waals surface area (Å²) in [4.78, 5) is 42.5. The number of aromatic nitrogens is 1. The summed E-state index contributed by atoms with van der Waals surface area (Å²) < 4.78 is 39.7. The summed E-state index contributed by atoms with van der Waals surface area (Å²) in [5.74, 6) is -1.80. The van der Waals surface area contributed by atoms with Gasteiger partial charge in [0.25, 0.3) is 0 Å². The number of piperidine rings is 1. The molecule has 2 aliphatic heterocycles. The van der Waals surface area contributed by atoms with Crippen LogP contribution in [0.4, 0.5) is 23.7 Å². The van der Waals surface area contributed by atoms with Gasteiger partial charge in [-0.3, -0.25) is 14.3 Å². The van der Waals surface area contributed by atoms with Crippen molar-refractivity contribution in [3.8, 4) is 0 Å². The molecule has 38 heavy (non-hydrogen) atoms. The predicted octanol–water partition coefficient (Wildman–Crippen LogP) is 3.13. The van der Waals surface area contributed by atoms with Crippen LogP contribution >= 0.6 is 0 Å². The van der Waals surface area contributed by atoms with Gasteiger partial charge >= 0.3 is 18.1 Å². The van der Waals surface area contributed by atoms with E-state index in [-0.39, 0.29) is 49.6 Å². The van der Waals surface area contributed by atoms with Gasteiger partial charge in [-0.15, -0.1) is 0 Å². The van der Waals surface area contributed by atoms with Crippen LogP contribution in [0.2, 0.25) is 0 Å². The Bertz CT molecular complexity index is 1280. The number of alkyl halides is 3. The number of nitrogens with one attached hydrogen (secondary N) is 3. The van der Waals surface area contributed by atoms with Crippen molar-refractivity contribution in [2.75, 3.05) is 23.8 Å². The third kappa shape index (κ3) is 5.60. The van der Waals surface area contributed by atoms with Crippen molar-refractivity contribution in [2.45, 2.75) is 57.9 Å². The number of carbonyl (C=O) groups is 3. The Hall–Kier alpha value is -4.03. The molecule has 1 saturated heterocycles. The van der Waals surface area contributed by atoms with E-state index in [0.29, 0.717) is 22.5 Å². The lowest BCUT2D eigenvalue weighted by Crippen LogP contribution is -2.50. The molecule has 0 unspecified atom stereocenters. The fourth-order valence-electron chi connectivity index (χ4n) is 4.66. The van der Waals surface area contributed by atoms with E-state index in [1.807, 2.05) is 20.8 Å². The standard InChI is InChI=1S/C25H30F3N7O3/c1-13(2)19-12-18(20-22(29)30-14(3)33-35(19)20)21(36)15-5-4-6-17(11-15)32-24(38)31-16-7-9-34(10-8-16)23(37)25(26,27)28/h4-6,11-14,16,33H,7-10H2,1-3H3,(H2,29,30)(H2,31,32,38)/t14-/m1/s1. The lowest BCUT2D eigenvalue weighted by molar-refractivity contribution is -0.186. The number of benzene rings is 1. The van der Waals surface area contributed by atoms with Gasteiger partial charge in [0.05, 0.1) is 5.56 Å². The zero-order chi connectivity index (χ0) is 27.8. The summed E-state index contributed by atoms with van der Waals surface area (Å²) in [5, 5.41) is 5.38. The first-order chi connectivity index (χ1) is 17.8. The van der Waals surface area contributed by atoms with Crippen LogP contribution in [-0.2, 0) is 4.79 Å². The van der Waals surface area contributed by atoms with E-state index in [4.69, 9.17) is 5.73 Å². The average Bonchev–Trinajstić information content (AvgIpc) is 3.23. The number of carbonyl (C=O) groups excluding carboxylic acids is 3. The number of urea groups is 1. The van der Waals surface area contributed by atoms with Gasteiger partial charge in [-0.05, 0) is 43.9 Å². The molecule has 1 aromatic carbocycles. The summed E-state index contributed by atoms with van der Waals surface area (Å²) in [5.41, 5.74) is 11.9. The van der Waals surface area contributed by atoms with E-state index in [2.05, 4.69) is 21.1 Å². The second kappa shape index (κ2) is 10.4. The summed E-state index contributed by atoms with van der Waals surface area (Å²) in [6.07, 6.45) is -4.77. The highest BCUT2D eigenvalue weighted by molar-refractivity contribution is 6.16. The van der Waals surface area contributed by atoms with Crippen LogP contribution in [0.3, 0.4) is 0 Å². The number of fused-ring (bicyclic) bond motifs is 1. The third-order valence-corrected chi connectivity index (χ3v) is 6.50. The van der Waals surface area contributed by atoms with Gasteiger partial charge in [-0.2, -0.15) is 13.2 Å². The Kier molecular flexibility index (Phi) is 7.38. The third-order valence-electron chi connectivity index (χ3n) is 6.50. The number of ketones is 1. The Balaban J connectivity index is 1.43. The number of hydrogen-bond donors (Lipinski definition) is 4. The van der Waals surface area contributed by atoms with Crippen molar-refractivity contribution < 1.29 is 27.6 Å². The van der Waals surface area contributed by atoms with Gasteiger partial charge in [0.15, 0.2) is 5.78 Å². The first-order valence-electron chi connectivity index (χ1n) is 12.3. The van der Waals surface area contributed by atoms with E-state index in [9.17, 15) is 27.6 Å². The second-order valence-corrected chi connectivity index (χ2v) is 9.71. The van der Waals surface area contributed by atoms with E-state index >= 15 is 0 Å². The number of likely N-dealkylation sites (tertiary alicyclic amines) is 1. The molecule has 5 N–H and O–H groups in total. The molecule has 2 aliphatic rings. The zero-order valence-corrected chi connectivity index (χ0v) is 21.2. The summed E-state index contributed by atoms with van der Waals surface area (Å²) in [7, 11) is 0. The number of nitrogens with zero attached hydrogens (tertiary/aromatic N) is 3. The van der Waals surface area contributed by atoms with E-state index in [0.717, 1.165) is 10.6 Å². The number of amidine groups is 1. The van der Waals surface area contributed by atoms with E-state index < -0.39 is 24.2 Å². The Morgan fingerprint density at radius 3 is 2.47 bits per heavy atom. The van der Waals surface area contributed by atoms with Crippen molar-refractivity contribution in [1.29, 1.82) is 0 Å². The smallest absolute Gasteiger partial charge is 0.382 e. The predicted molar refractivity (Wildman–Crippen MR) is 136 cm³/mol. The number of amides is 3. The van der Waals surface area contributed by atoms with Crippen LogP contribution in [0.5, 0.6) is 0 Å². The van der Waals surface area contributed by atoms with Crippen LogP contribution in [0, 0.1) is 0 Å². The first-order valence-corrected chi connectivity index (χ1v) is 12.3. The molecule has 10 nitrogen and oxygen atoms in total. The molecule has 0 saturated carbocycles. The second-order valence-electron chi connectivity index (χ2n) is 9.71. The molecule has 1 aromatic heterocycles. The number of hydrogen-bond acceptors (Lipinski definition) is 6. The number of aliphatic imine (C=N–C) groups is 1. The molecule has 2 aromatic rings. The van der Waals surface area contributed by atoms with Crippen molar-refractivity contribution in [3.63, 3.8) is 0 Å². The number of nitrogens with two attached hydrogens (primary N) is 1. The SMILES string of the molecule is CC(C)c1cc(C(=O)c2cccc(NC(=O)NC3CCN(C(=O)C(F)(F)F)CC3)c2)c2n1N[C@H](C)N=C2N. The molecule has 0 bridgehead atoms. The topological polar surface area (TPSA) is 134 Å². The molecular formula is C25H30F3N7O3. The lowest BCUT2D eigenvalue weighted by atomic mass is 10.0. The fraction of sp³-hybridized carbons (Fsp3) is 0.440. The quantitative estimate of drug-likeness (QED) is 0.438. The highest BCUT2D eigenvalue weighted by Gasteiger charge is 2.43. The highest BCUT2D eigenvalue weighted by atomic mass is 19.4. The molecular weight excluding hydrogens is 503 g/mol. The summed E-state index contributed by atoms with van der Waals surface area (Å²) in [6.45, 7) is 5.66. The maximum Gasteiger partial charge on any atom is 0.471 e. The minimum atomic E-state index is -4.91. The minimum Gasteiger partial charge on any atom is -0.382 e.